The maximum Gasteiger partial charge on any atom is 0.242 e. The number of hydrogen-bond donors (Lipinski definition) is 2. The van der Waals surface area contributed by atoms with E-state index in [1.807, 2.05) is 13.8 Å². The summed E-state index contributed by atoms with van der Waals surface area (Å²) in [6.07, 6.45) is 1.99. The maximum absolute atomic E-state index is 13.3. The van der Waals surface area contributed by atoms with Crippen LogP contribution in [0.15, 0.2) is 23.1 Å². The van der Waals surface area contributed by atoms with Gasteiger partial charge in [0.15, 0.2) is 0 Å². The van der Waals surface area contributed by atoms with Crippen LogP contribution in [-0.4, -0.2) is 25.7 Å². The summed E-state index contributed by atoms with van der Waals surface area (Å²) in [4.78, 5) is -0.0708. The summed E-state index contributed by atoms with van der Waals surface area (Å²) >= 11 is 0. The highest BCUT2D eigenvalue weighted by atomic mass is 32.2. The van der Waals surface area contributed by atoms with E-state index < -0.39 is 28.0 Å². The Bertz CT molecular complexity index is 697. The summed E-state index contributed by atoms with van der Waals surface area (Å²) in [7, 11) is -3.80. The summed E-state index contributed by atoms with van der Waals surface area (Å²) in [5.74, 6) is 4.58. The minimum absolute atomic E-state index is 0.0446. The van der Waals surface area contributed by atoms with Gasteiger partial charge in [-0.1, -0.05) is 11.8 Å². The van der Waals surface area contributed by atoms with Crippen LogP contribution >= 0.6 is 0 Å². The van der Waals surface area contributed by atoms with Gasteiger partial charge in [-0.05, 0) is 50.8 Å². The Labute approximate surface area is 124 Å². The summed E-state index contributed by atoms with van der Waals surface area (Å²) < 4.78 is 41.0. The van der Waals surface area contributed by atoms with Crippen molar-refractivity contribution in [1.82, 2.24) is 4.72 Å². The lowest BCUT2D eigenvalue weighted by molar-refractivity contribution is 0.350. The fourth-order valence-electron chi connectivity index (χ4n) is 2.26. The molecular formula is C15H18FNO3S. The average molecular weight is 311 g/mol. The summed E-state index contributed by atoms with van der Waals surface area (Å²) in [6, 6.07) is 3.34. The third kappa shape index (κ3) is 3.82. The van der Waals surface area contributed by atoms with Gasteiger partial charge < -0.3 is 5.11 Å². The van der Waals surface area contributed by atoms with Crippen LogP contribution in [0.25, 0.3) is 0 Å². The van der Waals surface area contributed by atoms with Crippen LogP contribution in [0.2, 0.25) is 0 Å². The molecule has 4 nitrogen and oxygen atoms in total. The van der Waals surface area contributed by atoms with E-state index in [1.54, 1.807) is 0 Å². The molecule has 1 aliphatic rings. The van der Waals surface area contributed by atoms with E-state index in [1.165, 1.54) is 6.07 Å². The molecule has 1 fully saturated rings. The zero-order valence-corrected chi connectivity index (χ0v) is 12.8. The molecule has 6 heteroatoms. The van der Waals surface area contributed by atoms with Crippen LogP contribution in [0.1, 0.15) is 32.3 Å². The smallest absolute Gasteiger partial charge is 0.242 e. The molecule has 1 aromatic rings. The lowest BCUT2D eigenvalue weighted by Crippen LogP contribution is -2.45. The van der Waals surface area contributed by atoms with Crippen molar-refractivity contribution < 1.29 is 17.9 Å². The van der Waals surface area contributed by atoms with Gasteiger partial charge in [0.05, 0.1) is 4.90 Å². The molecule has 1 saturated carbocycles. The number of aliphatic hydroxyl groups is 1. The van der Waals surface area contributed by atoms with Crippen LogP contribution in [0.4, 0.5) is 4.39 Å². The Morgan fingerprint density at radius 2 is 2.10 bits per heavy atom. The highest BCUT2D eigenvalue weighted by molar-refractivity contribution is 7.89. The van der Waals surface area contributed by atoms with Gasteiger partial charge in [-0.3, -0.25) is 0 Å². The zero-order chi connectivity index (χ0) is 15.7. The minimum Gasteiger partial charge on any atom is -0.384 e. The second-order valence-corrected chi connectivity index (χ2v) is 7.35. The van der Waals surface area contributed by atoms with Crippen LogP contribution in [0.3, 0.4) is 0 Å². The number of sulfonamides is 1. The lowest BCUT2D eigenvalue weighted by atomic mass is 10.0. The molecule has 0 aliphatic heterocycles. The average Bonchev–Trinajstić information content (AvgIpc) is 3.19. The standard InChI is InChI=1S/C15H18FNO3S/c1-15(2,12-5-6-12)17-21(19,20)14-8-7-13(16)10-11(14)4-3-9-18/h7-8,10,12,17-18H,5-6,9H2,1-2H3. The van der Waals surface area contributed by atoms with Crippen molar-refractivity contribution >= 4 is 10.0 Å². The highest BCUT2D eigenvalue weighted by Gasteiger charge is 2.41. The Hall–Kier alpha value is -1.42. The molecule has 0 unspecified atom stereocenters. The molecule has 0 amide bonds. The lowest BCUT2D eigenvalue weighted by Gasteiger charge is -2.26. The Balaban J connectivity index is 2.39. The SMILES string of the molecule is CC(C)(NS(=O)(=O)c1ccc(F)cc1C#CCO)C1CC1. The van der Waals surface area contributed by atoms with Gasteiger partial charge in [0.2, 0.25) is 10.0 Å². The molecule has 0 saturated heterocycles. The first-order valence-corrected chi connectivity index (χ1v) is 8.18. The first-order chi connectivity index (χ1) is 9.76. The van der Waals surface area contributed by atoms with Gasteiger partial charge in [0.1, 0.15) is 12.4 Å². The first-order valence-electron chi connectivity index (χ1n) is 6.69. The van der Waals surface area contributed by atoms with E-state index in [9.17, 15) is 12.8 Å². The van der Waals surface area contributed by atoms with Crippen LogP contribution < -0.4 is 4.72 Å². The predicted octanol–water partition coefficient (Wildman–Crippen LogP) is 1.64. The number of aliphatic hydroxyl groups excluding tert-OH is 1. The molecule has 0 aromatic heterocycles. The van der Waals surface area contributed by atoms with E-state index in [2.05, 4.69) is 16.6 Å². The number of benzene rings is 1. The quantitative estimate of drug-likeness (QED) is 0.831. The molecule has 2 rings (SSSR count). The molecule has 114 valence electrons. The monoisotopic (exact) mass is 311 g/mol. The molecule has 2 N–H and O–H groups in total. The van der Waals surface area contributed by atoms with E-state index in [-0.39, 0.29) is 10.5 Å². The summed E-state index contributed by atoms with van der Waals surface area (Å²) in [6.45, 7) is 3.26. The van der Waals surface area contributed by atoms with Gasteiger partial charge in [0.25, 0.3) is 0 Å². The van der Waals surface area contributed by atoms with Gasteiger partial charge in [-0.25, -0.2) is 17.5 Å². The number of rotatable bonds is 4. The van der Waals surface area contributed by atoms with Crippen molar-refractivity contribution in [3.05, 3.63) is 29.6 Å². The van der Waals surface area contributed by atoms with Crippen LogP contribution in [-0.2, 0) is 10.0 Å². The van der Waals surface area contributed by atoms with E-state index >= 15 is 0 Å². The maximum atomic E-state index is 13.3. The fraction of sp³-hybridized carbons (Fsp3) is 0.467. The van der Waals surface area contributed by atoms with Crippen LogP contribution in [0, 0.1) is 23.6 Å². The zero-order valence-electron chi connectivity index (χ0n) is 12.0. The second-order valence-electron chi connectivity index (χ2n) is 5.70. The molecule has 1 aromatic carbocycles. The first kappa shape index (κ1) is 16.0. The van der Waals surface area contributed by atoms with E-state index in [0.29, 0.717) is 5.92 Å². The van der Waals surface area contributed by atoms with E-state index in [4.69, 9.17) is 5.11 Å². The molecule has 1 aliphatic carbocycles. The molecule has 0 bridgehead atoms. The minimum atomic E-state index is -3.80. The van der Waals surface area contributed by atoms with Crippen molar-refractivity contribution in [2.75, 3.05) is 6.61 Å². The molecule has 0 atom stereocenters. The fourth-order valence-corrected chi connectivity index (χ4v) is 3.87. The Morgan fingerprint density at radius 1 is 1.43 bits per heavy atom. The number of hydrogen-bond acceptors (Lipinski definition) is 3. The van der Waals surface area contributed by atoms with Gasteiger partial charge in [-0.15, -0.1) is 0 Å². The molecular weight excluding hydrogens is 293 g/mol. The van der Waals surface area contributed by atoms with Gasteiger partial charge in [0, 0.05) is 11.1 Å². The largest absolute Gasteiger partial charge is 0.384 e. The van der Waals surface area contributed by atoms with Crippen LogP contribution in [0.5, 0.6) is 0 Å². The van der Waals surface area contributed by atoms with Gasteiger partial charge in [-0.2, -0.15) is 0 Å². The number of nitrogens with one attached hydrogen (secondary N) is 1. The number of halogens is 1. The topological polar surface area (TPSA) is 66.4 Å². The van der Waals surface area contributed by atoms with E-state index in [0.717, 1.165) is 25.0 Å². The highest BCUT2D eigenvalue weighted by Crippen LogP contribution is 2.40. The van der Waals surface area contributed by atoms with Crippen molar-refractivity contribution in [3.8, 4) is 11.8 Å². The normalized spacial score (nSPS) is 15.4. The summed E-state index contributed by atoms with van der Waals surface area (Å²) in [5.41, 5.74) is -0.502. The van der Waals surface area contributed by atoms with Gasteiger partial charge >= 0.3 is 0 Å². The molecule has 0 radical (unpaired) electrons. The second kappa shape index (κ2) is 5.76. The summed E-state index contributed by atoms with van der Waals surface area (Å²) in [5, 5.41) is 8.73. The molecule has 21 heavy (non-hydrogen) atoms. The van der Waals surface area contributed by atoms with Crippen molar-refractivity contribution in [1.29, 1.82) is 0 Å². The third-order valence-electron chi connectivity index (χ3n) is 3.53. The predicted molar refractivity (Wildman–Crippen MR) is 77.5 cm³/mol. The van der Waals surface area contributed by atoms with Crippen molar-refractivity contribution in [2.45, 2.75) is 37.1 Å². The Morgan fingerprint density at radius 3 is 2.67 bits per heavy atom. The third-order valence-corrected chi connectivity index (χ3v) is 5.26. The molecule has 0 spiro atoms. The van der Waals surface area contributed by atoms with Crippen molar-refractivity contribution in [2.24, 2.45) is 5.92 Å². The van der Waals surface area contributed by atoms with Crippen molar-refractivity contribution in [3.63, 3.8) is 0 Å². The molecule has 0 heterocycles. The Kier molecular flexibility index (Phi) is 4.38.